The molecule has 2 atom stereocenters. The highest BCUT2D eigenvalue weighted by atomic mass is 14.7. The lowest BCUT2D eigenvalue weighted by Gasteiger charge is -2.05. The summed E-state index contributed by atoms with van der Waals surface area (Å²) in [4.78, 5) is 0. The van der Waals surface area contributed by atoms with E-state index in [0.29, 0.717) is 0 Å². The molecular weight excluding hydrogens is 134 g/mol. The number of benzene rings is 1. The van der Waals surface area contributed by atoms with Crippen LogP contribution in [0.4, 0.5) is 0 Å². The van der Waals surface area contributed by atoms with Crippen molar-refractivity contribution in [2.75, 3.05) is 0 Å². The summed E-state index contributed by atoms with van der Waals surface area (Å²) < 4.78 is 0. The third-order valence-electron chi connectivity index (χ3n) is 2.91. The van der Waals surface area contributed by atoms with Crippen molar-refractivity contribution in [3.63, 3.8) is 0 Å². The van der Waals surface area contributed by atoms with Gasteiger partial charge in [0, 0.05) is 24.8 Å². The summed E-state index contributed by atoms with van der Waals surface area (Å²) in [6, 6.07) is 8.79. The van der Waals surface area contributed by atoms with Crippen LogP contribution in [0.3, 0.4) is 0 Å². The topological polar surface area (TPSA) is 0 Å². The Hall–Kier alpha value is -0.910. The summed E-state index contributed by atoms with van der Waals surface area (Å²) in [7, 11) is 0. The number of hydrogen-bond acceptors (Lipinski definition) is 0. The van der Waals surface area contributed by atoms with Gasteiger partial charge in [-0.15, -0.1) is 0 Å². The van der Waals surface area contributed by atoms with Gasteiger partial charge in [-0.25, -0.2) is 0 Å². The lowest BCUT2D eigenvalue weighted by Crippen LogP contribution is -2.02. The lowest BCUT2D eigenvalue weighted by molar-refractivity contribution is 0.729. The van der Waals surface area contributed by atoms with E-state index in [4.69, 9.17) is 0 Å². The summed E-state index contributed by atoms with van der Waals surface area (Å²) in [6.45, 7) is 0. The fraction of sp³-hybridized carbons (Fsp3) is 0.364. The molecule has 2 unspecified atom stereocenters. The summed E-state index contributed by atoms with van der Waals surface area (Å²) in [6.07, 6.45) is 5.22. The molecule has 54 valence electrons. The highest BCUT2D eigenvalue weighted by molar-refractivity contribution is 5.39. The van der Waals surface area contributed by atoms with E-state index in [0.717, 1.165) is 11.8 Å². The molecule has 0 nitrogen and oxygen atoms in total. The van der Waals surface area contributed by atoms with E-state index in [-0.39, 0.29) is 0 Å². The van der Waals surface area contributed by atoms with Crippen molar-refractivity contribution in [1.29, 1.82) is 0 Å². The van der Waals surface area contributed by atoms with Gasteiger partial charge in [-0.05, 0) is 30.5 Å². The van der Waals surface area contributed by atoms with Crippen LogP contribution in [-0.2, 0) is 6.42 Å². The lowest BCUT2D eigenvalue weighted by atomic mass is 10.1. The predicted octanol–water partition coefficient (Wildman–Crippen LogP) is 2.43. The van der Waals surface area contributed by atoms with Crippen LogP contribution in [-0.4, -0.2) is 0 Å². The molecular formula is C11H11+. The average Bonchev–Trinajstić information content (AvgIpc) is 2.77. The van der Waals surface area contributed by atoms with Crippen LogP contribution in [0.25, 0.3) is 0 Å². The van der Waals surface area contributed by atoms with Crippen molar-refractivity contribution in [3.05, 3.63) is 41.8 Å². The molecule has 0 heteroatoms. The number of hydrogen-bond donors (Lipinski definition) is 0. The second-order valence-electron chi connectivity index (χ2n) is 3.73. The molecule has 0 saturated heterocycles. The Balaban J connectivity index is 2.07. The van der Waals surface area contributed by atoms with Gasteiger partial charge in [-0.3, -0.25) is 0 Å². The Labute approximate surface area is 67.2 Å². The van der Waals surface area contributed by atoms with Crippen LogP contribution >= 0.6 is 0 Å². The first-order valence-corrected chi connectivity index (χ1v) is 4.36. The SMILES string of the molecule is c1ccc2c(c1)[13CH+]C1CC1[13CH2]2. The third-order valence-corrected chi connectivity index (χ3v) is 2.91. The highest BCUT2D eigenvalue weighted by Gasteiger charge is 2.45. The quantitative estimate of drug-likeness (QED) is 0.388. The molecule has 0 spiro atoms. The number of rotatable bonds is 0. The summed E-state index contributed by atoms with van der Waals surface area (Å²) >= 11 is 0. The molecule has 0 amide bonds. The van der Waals surface area contributed by atoms with Crippen molar-refractivity contribution < 1.29 is 0 Å². The van der Waals surface area contributed by atoms with Crippen LogP contribution in [0.1, 0.15) is 17.5 Å². The van der Waals surface area contributed by atoms with E-state index in [9.17, 15) is 0 Å². The summed E-state index contributed by atoms with van der Waals surface area (Å²) in [5.41, 5.74) is 3.05. The monoisotopic (exact) mass is 145 g/mol. The first-order chi connectivity index (χ1) is 5.43. The fourth-order valence-corrected chi connectivity index (χ4v) is 2.11. The molecule has 2 aliphatic carbocycles. The van der Waals surface area contributed by atoms with Crippen molar-refractivity contribution in [3.8, 4) is 0 Å². The Morgan fingerprint density at radius 1 is 1.27 bits per heavy atom. The van der Waals surface area contributed by atoms with Crippen molar-refractivity contribution in [1.82, 2.24) is 0 Å². The molecule has 2 aliphatic rings. The smallest absolute Gasteiger partial charge is 0.0354 e. The first-order valence-electron chi connectivity index (χ1n) is 4.36. The zero-order valence-electron chi connectivity index (χ0n) is 6.46. The minimum Gasteiger partial charge on any atom is -0.0354 e. The Morgan fingerprint density at radius 3 is 3.18 bits per heavy atom. The van der Waals surface area contributed by atoms with Crippen molar-refractivity contribution >= 4 is 0 Å². The van der Waals surface area contributed by atoms with Crippen LogP contribution < -0.4 is 0 Å². The van der Waals surface area contributed by atoms with Crippen LogP contribution in [0.2, 0.25) is 0 Å². The van der Waals surface area contributed by atoms with E-state index in [1.165, 1.54) is 18.4 Å². The molecule has 1 aromatic carbocycles. The third kappa shape index (κ3) is 0.787. The van der Waals surface area contributed by atoms with Crippen molar-refractivity contribution in [2.45, 2.75) is 12.8 Å². The molecule has 1 aromatic rings. The molecule has 3 rings (SSSR count). The van der Waals surface area contributed by atoms with E-state index in [1.807, 2.05) is 0 Å². The molecule has 0 heterocycles. The van der Waals surface area contributed by atoms with Crippen LogP contribution in [0.5, 0.6) is 0 Å². The van der Waals surface area contributed by atoms with Gasteiger partial charge in [0.25, 0.3) is 0 Å². The predicted molar refractivity (Wildman–Crippen MR) is 45.1 cm³/mol. The van der Waals surface area contributed by atoms with Gasteiger partial charge in [0.05, 0.1) is 5.56 Å². The van der Waals surface area contributed by atoms with Gasteiger partial charge < -0.3 is 0 Å². The maximum absolute atomic E-state index is 2.45. The van der Waals surface area contributed by atoms with Gasteiger partial charge in [-0.1, -0.05) is 0 Å². The molecule has 0 radical (unpaired) electrons. The van der Waals surface area contributed by atoms with Crippen LogP contribution in [0.15, 0.2) is 24.3 Å². The van der Waals surface area contributed by atoms with Gasteiger partial charge in [-0.2, -0.15) is 0 Å². The highest BCUT2D eigenvalue weighted by Crippen LogP contribution is 2.48. The van der Waals surface area contributed by atoms with E-state index < -0.39 is 0 Å². The maximum atomic E-state index is 2.45. The largest absolute Gasteiger partial charge is 0.133 e. The summed E-state index contributed by atoms with van der Waals surface area (Å²) in [5, 5.41) is 0. The minimum absolute atomic E-state index is 0.935. The molecule has 11 heavy (non-hydrogen) atoms. The molecule has 0 aromatic heterocycles. The normalized spacial score (nSPS) is 31.6. The second-order valence-corrected chi connectivity index (χ2v) is 3.73. The molecule has 0 bridgehead atoms. The second kappa shape index (κ2) is 1.82. The van der Waals surface area contributed by atoms with E-state index in [1.54, 1.807) is 5.56 Å². The zero-order chi connectivity index (χ0) is 7.26. The first kappa shape index (κ1) is 5.70. The summed E-state index contributed by atoms with van der Waals surface area (Å²) in [5.74, 6) is 1.94. The van der Waals surface area contributed by atoms with Crippen molar-refractivity contribution in [2.24, 2.45) is 11.8 Å². The Kier molecular flexibility index (Phi) is 0.943. The average molecular weight is 145 g/mol. The molecule has 1 saturated carbocycles. The van der Waals surface area contributed by atoms with E-state index in [2.05, 4.69) is 30.7 Å². The molecule has 0 aliphatic heterocycles. The van der Waals surface area contributed by atoms with Gasteiger partial charge in [0.2, 0.25) is 0 Å². The van der Waals surface area contributed by atoms with E-state index >= 15 is 0 Å². The standard InChI is InChI=1S/C11H11/c1-2-4-9-6-11-7-10(11)5-8(9)3-1/h1-5,10-11H,6-7H2/q+1/i5+1,6+1. The van der Waals surface area contributed by atoms with Gasteiger partial charge in [0.15, 0.2) is 0 Å². The fourth-order valence-electron chi connectivity index (χ4n) is 2.11. The molecule has 0 N–H and O–H groups in total. The molecule has 1 fully saturated rings. The minimum atomic E-state index is 0.935. The maximum Gasteiger partial charge on any atom is 0.133 e. The Morgan fingerprint density at radius 2 is 2.18 bits per heavy atom. The van der Waals surface area contributed by atoms with Gasteiger partial charge in [0.1, 0.15) is 5.56 Å². The van der Waals surface area contributed by atoms with Crippen LogP contribution in [0, 0.1) is 18.3 Å². The number of fused-ring (bicyclic) bond motifs is 2. The Bertz CT molecular complexity index is 259. The van der Waals surface area contributed by atoms with Gasteiger partial charge >= 0.3 is 0 Å². The zero-order valence-corrected chi connectivity index (χ0v) is 6.46.